The van der Waals surface area contributed by atoms with Crippen LogP contribution >= 0.6 is 22.9 Å². The summed E-state index contributed by atoms with van der Waals surface area (Å²) in [5, 5.41) is 15.1. The molecule has 0 aliphatic heterocycles. The van der Waals surface area contributed by atoms with Crippen molar-refractivity contribution in [2.24, 2.45) is 0 Å². The Morgan fingerprint density at radius 2 is 1.86 bits per heavy atom. The first-order valence-electron chi connectivity index (χ1n) is 8.68. The standard InChI is InChI=1S/C20H19ClN4O2S/c1-12-5-3-6-14(11-12)22-19(27)20-25-24-18(28-20)10-9-17(26)23-16-8-4-7-15(21)13(16)2/h3-8,11H,9-10H2,1-2H3,(H,22,27)(H,23,26). The molecule has 2 N–H and O–H groups in total. The smallest absolute Gasteiger partial charge is 0.286 e. The molecule has 1 heterocycles. The Morgan fingerprint density at radius 1 is 1.07 bits per heavy atom. The second-order valence-corrected chi connectivity index (χ2v) is 7.75. The summed E-state index contributed by atoms with van der Waals surface area (Å²) in [4.78, 5) is 24.5. The zero-order valence-electron chi connectivity index (χ0n) is 15.5. The van der Waals surface area contributed by atoms with Crippen LogP contribution in [0.3, 0.4) is 0 Å². The Hall–Kier alpha value is -2.77. The molecule has 1 aromatic heterocycles. The number of hydrogen-bond acceptors (Lipinski definition) is 5. The Bertz CT molecular complexity index is 1020. The molecule has 28 heavy (non-hydrogen) atoms. The van der Waals surface area contributed by atoms with Crippen LogP contribution in [0.1, 0.15) is 32.4 Å². The van der Waals surface area contributed by atoms with Gasteiger partial charge in [0.25, 0.3) is 5.91 Å². The molecule has 3 rings (SSSR count). The van der Waals surface area contributed by atoms with Crippen LogP contribution in [0.4, 0.5) is 11.4 Å². The highest BCUT2D eigenvalue weighted by atomic mass is 35.5. The number of nitrogens with one attached hydrogen (secondary N) is 2. The van der Waals surface area contributed by atoms with Crippen LogP contribution in [0.25, 0.3) is 0 Å². The van der Waals surface area contributed by atoms with Crippen LogP contribution in [0.5, 0.6) is 0 Å². The summed E-state index contributed by atoms with van der Waals surface area (Å²) in [7, 11) is 0. The predicted octanol–water partition coefficient (Wildman–Crippen LogP) is 4.63. The Morgan fingerprint density at radius 3 is 2.64 bits per heavy atom. The molecule has 2 aromatic carbocycles. The first kappa shape index (κ1) is 20.0. The Balaban J connectivity index is 1.55. The lowest BCUT2D eigenvalue weighted by molar-refractivity contribution is -0.116. The van der Waals surface area contributed by atoms with Crippen molar-refractivity contribution in [2.45, 2.75) is 26.7 Å². The highest BCUT2D eigenvalue weighted by molar-refractivity contribution is 7.13. The molecule has 0 aliphatic carbocycles. The van der Waals surface area contributed by atoms with Crippen molar-refractivity contribution in [3.63, 3.8) is 0 Å². The number of halogens is 1. The zero-order valence-corrected chi connectivity index (χ0v) is 17.0. The quantitative estimate of drug-likeness (QED) is 0.615. The minimum atomic E-state index is -0.312. The van der Waals surface area contributed by atoms with E-state index in [-0.39, 0.29) is 23.2 Å². The molecule has 6 nitrogen and oxygen atoms in total. The SMILES string of the molecule is Cc1cccc(NC(=O)c2nnc(CCC(=O)Nc3cccc(Cl)c3C)s2)c1. The van der Waals surface area contributed by atoms with Crippen LogP contribution in [-0.4, -0.2) is 22.0 Å². The molecule has 0 bridgehead atoms. The first-order chi connectivity index (χ1) is 13.4. The maximum atomic E-state index is 12.3. The maximum Gasteiger partial charge on any atom is 0.286 e. The van der Waals surface area contributed by atoms with Crippen molar-refractivity contribution in [3.8, 4) is 0 Å². The lowest BCUT2D eigenvalue weighted by Gasteiger charge is -2.08. The lowest BCUT2D eigenvalue weighted by Crippen LogP contribution is -2.13. The van der Waals surface area contributed by atoms with Crippen molar-refractivity contribution >= 4 is 46.1 Å². The van der Waals surface area contributed by atoms with Crippen molar-refractivity contribution in [3.05, 3.63) is 68.6 Å². The Kier molecular flexibility index (Phi) is 6.38. The number of aromatic nitrogens is 2. The molecular formula is C20H19ClN4O2S. The molecule has 0 saturated carbocycles. The molecule has 0 aliphatic rings. The summed E-state index contributed by atoms with van der Waals surface area (Å²) >= 11 is 7.25. The minimum Gasteiger partial charge on any atom is -0.326 e. The zero-order chi connectivity index (χ0) is 20.1. The molecule has 0 saturated heterocycles. The monoisotopic (exact) mass is 414 g/mol. The molecule has 2 amide bonds. The van der Waals surface area contributed by atoms with Gasteiger partial charge in [-0.2, -0.15) is 0 Å². The van der Waals surface area contributed by atoms with Crippen molar-refractivity contribution in [1.29, 1.82) is 0 Å². The summed E-state index contributed by atoms with van der Waals surface area (Å²) in [6.45, 7) is 3.80. The van der Waals surface area contributed by atoms with Gasteiger partial charge in [0.1, 0.15) is 5.01 Å². The number of aryl methyl sites for hydroxylation is 2. The fourth-order valence-corrected chi connectivity index (χ4v) is 3.44. The van der Waals surface area contributed by atoms with E-state index in [4.69, 9.17) is 11.6 Å². The second kappa shape index (κ2) is 8.95. The number of benzene rings is 2. The highest BCUT2D eigenvalue weighted by Crippen LogP contribution is 2.23. The highest BCUT2D eigenvalue weighted by Gasteiger charge is 2.14. The molecule has 144 valence electrons. The fraction of sp³-hybridized carbons (Fsp3) is 0.200. The topological polar surface area (TPSA) is 84.0 Å². The molecule has 0 radical (unpaired) electrons. The lowest BCUT2D eigenvalue weighted by atomic mass is 10.2. The summed E-state index contributed by atoms with van der Waals surface area (Å²) in [6.07, 6.45) is 0.640. The first-order valence-corrected chi connectivity index (χ1v) is 9.87. The van der Waals surface area contributed by atoms with Gasteiger partial charge in [-0.3, -0.25) is 9.59 Å². The number of rotatable bonds is 6. The third-order valence-electron chi connectivity index (χ3n) is 4.04. The van der Waals surface area contributed by atoms with Gasteiger partial charge in [0, 0.05) is 29.2 Å². The van der Waals surface area contributed by atoms with Crippen LogP contribution < -0.4 is 10.6 Å². The molecule has 0 unspecified atom stereocenters. The van der Waals surface area contributed by atoms with Gasteiger partial charge in [0.05, 0.1) is 0 Å². The van der Waals surface area contributed by atoms with Crippen molar-refractivity contribution in [2.75, 3.05) is 10.6 Å². The van der Waals surface area contributed by atoms with E-state index in [9.17, 15) is 9.59 Å². The minimum absolute atomic E-state index is 0.147. The number of nitrogens with zero attached hydrogens (tertiary/aromatic N) is 2. The number of carbonyl (C=O) groups is 2. The fourth-order valence-electron chi connectivity index (χ4n) is 2.53. The molecule has 0 atom stereocenters. The van der Waals surface area contributed by atoms with Crippen LogP contribution in [-0.2, 0) is 11.2 Å². The van der Waals surface area contributed by atoms with E-state index in [0.29, 0.717) is 27.8 Å². The number of carbonyl (C=O) groups excluding carboxylic acids is 2. The van der Waals surface area contributed by atoms with E-state index < -0.39 is 0 Å². The van der Waals surface area contributed by atoms with Gasteiger partial charge in [-0.1, -0.05) is 41.1 Å². The average Bonchev–Trinajstić information content (AvgIpc) is 3.13. The van der Waals surface area contributed by atoms with E-state index in [1.807, 2.05) is 38.1 Å². The summed E-state index contributed by atoms with van der Waals surface area (Å²) in [5.74, 6) is -0.459. The van der Waals surface area contributed by atoms with Gasteiger partial charge >= 0.3 is 0 Å². The van der Waals surface area contributed by atoms with Crippen LogP contribution in [0, 0.1) is 13.8 Å². The van der Waals surface area contributed by atoms with Crippen molar-refractivity contribution in [1.82, 2.24) is 10.2 Å². The largest absolute Gasteiger partial charge is 0.326 e. The van der Waals surface area contributed by atoms with Gasteiger partial charge in [-0.25, -0.2) is 0 Å². The molecular weight excluding hydrogens is 396 g/mol. The van der Waals surface area contributed by atoms with Crippen LogP contribution in [0.2, 0.25) is 5.02 Å². The van der Waals surface area contributed by atoms with E-state index in [1.54, 1.807) is 18.2 Å². The Labute approximate surface area is 172 Å². The third-order valence-corrected chi connectivity index (χ3v) is 5.44. The normalized spacial score (nSPS) is 10.5. The maximum absolute atomic E-state index is 12.3. The summed E-state index contributed by atoms with van der Waals surface area (Å²) in [6, 6.07) is 12.9. The van der Waals surface area contributed by atoms with Gasteiger partial charge in [0.2, 0.25) is 10.9 Å². The van der Waals surface area contributed by atoms with Gasteiger partial charge < -0.3 is 10.6 Å². The van der Waals surface area contributed by atoms with E-state index in [2.05, 4.69) is 20.8 Å². The number of anilines is 2. The predicted molar refractivity (Wildman–Crippen MR) is 112 cm³/mol. The van der Waals surface area contributed by atoms with Gasteiger partial charge in [-0.15, -0.1) is 10.2 Å². The molecule has 0 fully saturated rings. The number of amides is 2. The third kappa shape index (κ3) is 5.15. The number of hydrogen-bond donors (Lipinski definition) is 2. The van der Waals surface area contributed by atoms with Gasteiger partial charge in [0.15, 0.2) is 0 Å². The van der Waals surface area contributed by atoms with E-state index in [0.717, 1.165) is 11.1 Å². The molecule has 8 heteroatoms. The van der Waals surface area contributed by atoms with Crippen LogP contribution in [0.15, 0.2) is 42.5 Å². The molecule has 0 spiro atoms. The van der Waals surface area contributed by atoms with E-state index in [1.165, 1.54) is 11.3 Å². The average molecular weight is 415 g/mol. The summed E-state index contributed by atoms with van der Waals surface area (Å²) in [5.41, 5.74) is 3.27. The second-order valence-electron chi connectivity index (χ2n) is 6.29. The van der Waals surface area contributed by atoms with Gasteiger partial charge in [-0.05, 0) is 49.2 Å². The molecule has 3 aromatic rings. The van der Waals surface area contributed by atoms with E-state index >= 15 is 0 Å². The van der Waals surface area contributed by atoms with Crippen molar-refractivity contribution < 1.29 is 9.59 Å². The summed E-state index contributed by atoms with van der Waals surface area (Å²) < 4.78 is 0.